The number of fused-ring (bicyclic) bond motifs is 1. The maximum Gasteiger partial charge on any atom is 0.321 e. The van der Waals surface area contributed by atoms with Crippen molar-refractivity contribution in [3.8, 4) is 0 Å². The first-order valence-electron chi connectivity index (χ1n) is 5.66. The zero-order chi connectivity index (χ0) is 13.8. The van der Waals surface area contributed by atoms with Gasteiger partial charge in [0, 0.05) is 6.54 Å². The summed E-state index contributed by atoms with van der Waals surface area (Å²) in [5, 5.41) is 20.2. The largest absolute Gasteiger partial charge is 0.481 e. The minimum Gasteiger partial charge on any atom is -0.481 e. The molecule has 0 aliphatic heterocycles. The Kier molecular flexibility index (Phi) is 3.76. The van der Waals surface area contributed by atoms with E-state index in [1.165, 1.54) is 0 Å². The highest BCUT2D eigenvalue weighted by atomic mass is 16.4. The molecule has 0 radical (unpaired) electrons. The first-order valence-corrected chi connectivity index (χ1v) is 5.66. The number of nitrogens with zero attached hydrogens (tertiary/aromatic N) is 1. The van der Waals surface area contributed by atoms with Gasteiger partial charge in [-0.2, -0.15) is 0 Å². The quantitative estimate of drug-likeness (QED) is 0.606. The van der Waals surface area contributed by atoms with Crippen LogP contribution in [0.3, 0.4) is 0 Å². The van der Waals surface area contributed by atoms with Crippen molar-refractivity contribution in [2.45, 2.75) is 19.0 Å². The first-order chi connectivity index (χ1) is 9.06. The molecule has 0 amide bonds. The Bertz CT molecular complexity index is 608. The summed E-state index contributed by atoms with van der Waals surface area (Å²) in [6.07, 6.45) is 1.12. The van der Waals surface area contributed by atoms with Gasteiger partial charge >= 0.3 is 11.9 Å². The lowest BCUT2D eigenvalue weighted by Crippen LogP contribution is -2.38. The summed E-state index contributed by atoms with van der Waals surface area (Å²) >= 11 is 0. The zero-order valence-corrected chi connectivity index (χ0v) is 9.96. The molecule has 0 fully saturated rings. The van der Waals surface area contributed by atoms with Gasteiger partial charge < -0.3 is 15.2 Å². The van der Waals surface area contributed by atoms with E-state index in [2.05, 4.69) is 15.3 Å². The van der Waals surface area contributed by atoms with Crippen molar-refractivity contribution in [1.82, 2.24) is 15.3 Å². The lowest BCUT2D eigenvalue weighted by atomic mass is 10.1. The van der Waals surface area contributed by atoms with E-state index in [1.807, 2.05) is 18.2 Å². The summed E-state index contributed by atoms with van der Waals surface area (Å²) in [5.74, 6) is -2.33. The summed E-state index contributed by atoms with van der Waals surface area (Å²) in [6, 6.07) is 4.37. The van der Waals surface area contributed by atoms with Crippen LogP contribution in [0, 0.1) is 0 Å². The molecule has 7 heteroatoms. The van der Waals surface area contributed by atoms with Crippen molar-refractivity contribution >= 4 is 23.0 Å². The lowest BCUT2D eigenvalue weighted by Gasteiger charge is -2.12. The van der Waals surface area contributed by atoms with Crippen LogP contribution in [0.5, 0.6) is 0 Å². The van der Waals surface area contributed by atoms with E-state index in [9.17, 15) is 9.59 Å². The van der Waals surface area contributed by atoms with Crippen LogP contribution in [0.25, 0.3) is 11.0 Å². The fraction of sp³-hybridized carbons (Fsp3) is 0.250. The highest BCUT2D eigenvalue weighted by molar-refractivity contribution is 5.80. The number of imidazole rings is 1. The lowest BCUT2D eigenvalue weighted by molar-refractivity contribution is -0.146. The topological polar surface area (TPSA) is 115 Å². The van der Waals surface area contributed by atoms with Crippen LogP contribution >= 0.6 is 0 Å². The van der Waals surface area contributed by atoms with Gasteiger partial charge in [-0.3, -0.25) is 14.9 Å². The smallest absolute Gasteiger partial charge is 0.321 e. The number of aromatic nitrogens is 2. The van der Waals surface area contributed by atoms with E-state index in [0.29, 0.717) is 0 Å². The van der Waals surface area contributed by atoms with Crippen LogP contribution in [-0.4, -0.2) is 38.2 Å². The van der Waals surface area contributed by atoms with Crippen LogP contribution in [0.4, 0.5) is 0 Å². The summed E-state index contributed by atoms with van der Waals surface area (Å²) in [7, 11) is 0. The Morgan fingerprint density at radius 3 is 2.84 bits per heavy atom. The molecule has 1 unspecified atom stereocenters. The molecular weight excluding hydrogens is 250 g/mol. The third kappa shape index (κ3) is 3.29. The summed E-state index contributed by atoms with van der Waals surface area (Å²) in [6.45, 7) is 0.277. The normalized spacial score (nSPS) is 12.4. The van der Waals surface area contributed by atoms with Crippen LogP contribution < -0.4 is 5.32 Å². The van der Waals surface area contributed by atoms with Gasteiger partial charge in [0.25, 0.3) is 0 Å². The number of H-pyrrole nitrogens is 1. The number of benzene rings is 1. The Morgan fingerprint density at radius 1 is 1.37 bits per heavy atom. The van der Waals surface area contributed by atoms with Gasteiger partial charge in [-0.1, -0.05) is 6.07 Å². The number of hydrogen-bond acceptors (Lipinski definition) is 4. The summed E-state index contributed by atoms with van der Waals surface area (Å²) < 4.78 is 0. The Hall–Kier alpha value is -2.41. The molecule has 1 heterocycles. The van der Waals surface area contributed by atoms with Crippen molar-refractivity contribution in [1.29, 1.82) is 0 Å². The summed E-state index contributed by atoms with van der Waals surface area (Å²) in [4.78, 5) is 28.5. The summed E-state index contributed by atoms with van der Waals surface area (Å²) in [5.41, 5.74) is 2.53. The van der Waals surface area contributed by atoms with E-state index < -0.39 is 24.4 Å². The number of carboxylic acids is 2. The number of rotatable bonds is 6. The third-order valence-electron chi connectivity index (χ3n) is 2.71. The van der Waals surface area contributed by atoms with Crippen LogP contribution in [-0.2, 0) is 16.1 Å². The number of aliphatic carboxylic acids is 2. The van der Waals surface area contributed by atoms with Crippen molar-refractivity contribution in [2.24, 2.45) is 0 Å². The maximum absolute atomic E-state index is 10.9. The predicted molar refractivity (Wildman–Crippen MR) is 66.6 cm³/mol. The molecule has 0 bridgehead atoms. The van der Waals surface area contributed by atoms with Crippen LogP contribution in [0.2, 0.25) is 0 Å². The molecule has 0 saturated carbocycles. The molecule has 0 aliphatic carbocycles. The van der Waals surface area contributed by atoms with E-state index >= 15 is 0 Å². The average molecular weight is 263 g/mol. The van der Waals surface area contributed by atoms with E-state index in [1.54, 1.807) is 6.33 Å². The number of hydrogen-bond donors (Lipinski definition) is 4. The standard InChI is InChI=1S/C12H13N3O4/c16-11(17)4-10(12(18)19)13-5-7-1-2-8-9(3-7)15-6-14-8/h1-3,6,10,13H,4-5H2,(H,14,15)(H,16,17)(H,18,19). The maximum atomic E-state index is 10.9. The highest BCUT2D eigenvalue weighted by Gasteiger charge is 2.20. The molecule has 1 atom stereocenters. The van der Waals surface area contributed by atoms with Gasteiger partial charge in [0.05, 0.1) is 23.8 Å². The molecule has 7 nitrogen and oxygen atoms in total. The SMILES string of the molecule is O=C(O)CC(NCc1ccc2nc[nH]c2c1)C(=O)O. The van der Waals surface area contributed by atoms with Crippen molar-refractivity contribution in [3.63, 3.8) is 0 Å². The molecule has 2 rings (SSSR count). The predicted octanol–water partition coefficient (Wildman–Crippen LogP) is 0.580. The van der Waals surface area contributed by atoms with Gasteiger partial charge in [-0.05, 0) is 17.7 Å². The number of carboxylic acid groups (broad SMARTS) is 2. The number of nitrogens with one attached hydrogen (secondary N) is 2. The fourth-order valence-electron chi connectivity index (χ4n) is 1.76. The Labute approximate surface area is 108 Å². The van der Waals surface area contributed by atoms with E-state index in [4.69, 9.17) is 10.2 Å². The molecule has 0 aliphatic rings. The molecule has 1 aromatic heterocycles. The number of carbonyl (C=O) groups is 2. The minimum atomic E-state index is -1.18. The van der Waals surface area contributed by atoms with Gasteiger partial charge in [0.2, 0.25) is 0 Å². The molecule has 0 saturated heterocycles. The second-order valence-corrected chi connectivity index (χ2v) is 4.12. The molecule has 4 N–H and O–H groups in total. The highest BCUT2D eigenvalue weighted by Crippen LogP contribution is 2.11. The molecular formula is C12H13N3O4. The second-order valence-electron chi connectivity index (χ2n) is 4.12. The van der Waals surface area contributed by atoms with Crippen LogP contribution in [0.15, 0.2) is 24.5 Å². The van der Waals surface area contributed by atoms with Gasteiger partial charge in [0.15, 0.2) is 0 Å². The molecule has 1 aromatic carbocycles. The van der Waals surface area contributed by atoms with Crippen LogP contribution in [0.1, 0.15) is 12.0 Å². The second kappa shape index (κ2) is 5.49. The van der Waals surface area contributed by atoms with E-state index in [0.717, 1.165) is 16.6 Å². The number of aromatic amines is 1. The first kappa shape index (κ1) is 13.0. The fourth-order valence-corrected chi connectivity index (χ4v) is 1.76. The van der Waals surface area contributed by atoms with Gasteiger partial charge in [-0.25, -0.2) is 4.98 Å². The Morgan fingerprint density at radius 2 is 2.16 bits per heavy atom. The molecule has 19 heavy (non-hydrogen) atoms. The van der Waals surface area contributed by atoms with Crippen molar-refractivity contribution < 1.29 is 19.8 Å². The van der Waals surface area contributed by atoms with Crippen molar-refractivity contribution in [3.05, 3.63) is 30.1 Å². The molecule has 2 aromatic rings. The van der Waals surface area contributed by atoms with Gasteiger partial charge in [0.1, 0.15) is 6.04 Å². The van der Waals surface area contributed by atoms with Crippen molar-refractivity contribution in [2.75, 3.05) is 0 Å². The van der Waals surface area contributed by atoms with Gasteiger partial charge in [-0.15, -0.1) is 0 Å². The third-order valence-corrected chi connectivity index (χ3v) is 2.71. The molecule has 0 spiro atoms. The Balaban J connectivity index is 2.03. The average Bonchev–Trinajstić information content (AvgIpc) is 2.80. The monoisotopic (exact) mass is 263 g/mol. The molecule has 100 valence electrons. The zero-order valence-electron chi connectivity index (χ0n) is 9.96. The van der Waals surface area contributed by atoms with E-state index in [-0.39, 0.29) is 6.54 Å². The minimum absolute atomic E-state index is 0.277.